The van der Waals surface area contributed by atoms with E-state index in [2.05, 4.69) is 0 Å². The second-order valence-electron chi connectivity index (χ2n) is 8.08. The van der Waals surface area contributed by atoms with E-state index in [1.807, 2.05) is 36.4 Å². The third-order valence-corrected chi connectivity index (χ3v) is 6.28. The van der Waals surface area contributed by atoms with Gasteiger partial charge in [-0.15, -0.1) is 0 Å². The molecule has 2 fully saturated rings. The highest BCUT2D eigenvalue weighted by molar-refractivity contribution is 6.46. The Hall–Kier alpha value is -3.34. The molecule has 5 heteroatoms. The van der Waals surface area contributed by atoms with Gasteiger partial charge in [-0.3, -0.25) is 9.59 Å². The van der Waals surface area contributed by atoms with E-state index in [0.717, 1.165) is 42.9 Å². The lowest BCUT2D eigenvalue weighted by Gasteiger charge is -2.34. The third-order valence-electron chi connectivity index (χ3n) is 6.28. The van der Waals surface area contributed by atoms with Crippen LogP contribution in [-0.2, 0) is 9.59 Å². The van der Waals surface area contributed by atoms with E-state index in [9.17, 15) is 14.7 Å². The van der Waals surface area contributed by atoms with Gasteiger partial charge < -0.3 is 14.4 Å². The highest BCUT2D eigenvalue weighted by Gasteiger charge is 2.50. The lowest BCUT2D eigenvalue weighted by molar-refractivity contribution is -0.142. The van der Waals surface area contributed by atoms with Gasteiger partial charge in [0.25, 0.3) is 11.7 Å². The number of hydrogen-bond donors (Lipinski definition) is 1. The molecule has 1 saturated heterocycles. The molecule has 0 bridgehead atoms. The van der Waals surface area contributed by atoms with Crippen LogP contribution in [0.4, 0.5) is 0 Å². The van der Waals surface area contributed by atoms with Crippen LogP contribution in [-0.4, -0.2) is 27.7 Å². The number of ketones is 1. The number of likely N-dealkylation sites (tertiary alicyclic amines) is 1. The zero-order chi connectivity index (χ0) is 20.7. The number of rotatable bonds is 3. The molecule has 5 rings (SSSR count). The maximum Gasteiger partial charge on any atom is 0.296 e. The number of Topliss-reactive ketones (excluding diaryl/α,β-unsaturated/α-hetero) is 1. The molecule has 1 aliphatic heterocycles. The monoisotopic (exact) mass is 401 g/mol. The number of carbonyl (C=O) groups is 2. The first kappa shape index (κ1) is 18.7. The summed E-state index contributed by atoms with van der Waals surface area (Å²) in [5.41, 5.74) is 0.628. The Bertz CT molecular complexity index is 1140. The molecule has 1 unspecified atom stereocenters. The van der Waals surface area contributed by atoms with Crippen LogP contribution < -0.4 is 0 Å². The minimum atomic E-state index is -0.699. The predicted molar refractivity (Wildman–Crippen MR) is 114 cm³/mol. The zero-order valence-corrected chi connectivity index (χ0v) is 16.6. The van der Waals surface area contributed by atoms with E-state index >= 15 is 0 Å². The lowest BCUT2D eigenvalue weighted by atomic mass is 9.92. The molecule has 30 heavy (non-hydrogen) atoms. The SMILES string of the molecule is O=C1C(=O)N(C2CCCCC2)C(c2ccco2)/C1=C(/O)c1ccc2ccccc2c1. The van der Waals surface area contributed by atoms with E-state index in [-0.39, 0.29) is 17.4 Å². The Morgan fingerprint density at radius 3 is 2.43 bits per heavy atom. The van der Waals surface area contributed by atoms with Crippen LogP contribution in [0.3, 0.4) is 0 Å². The lowest BCUT2D eigenvalue weighted by Crippen LogP contribution is -2.40. The number of amides is 1. The van der Waals surface area contributed by atoms with Gasteiger partial charge in [-0.05, 0) is 41.8 Å². The molecule has 2 heterocycles. The number of furan rings is 1. The van der Waals surface area contributed by atoms with Crippen molar-refractivity contribution in [1.29, 1.82) is 0 Å². The Morgan fingerprint density at radius 2 is 1.70 bits per heavy atom. The van der Waals surface area contributed by atoms with Crippen molar-refractivity contribution in [2.24, 2.45) is 0 Å². The fourth-order valence-corrected chi connectivity index (χ4v) is 4.80. The first-order valence-corrected chi connectivity index (χ1v) is 10.5. The Labute approximate surface area is 174 Å². The summed E-state index contributed by atoms with van der Waals surface area (Å²) in [7, 11) is 0. The molecule has 3 aromatic rings. The minimum absolute atomic E-state index is 0.0211. The second kappa shape index (κ2) is 7.48. The second-order valence-corrected chi connectivity index (χ2v) is 8.08. The van der Waals surface area contributed by atoms with Crippen LogP contribution in [0, 0.1) is 0 Å². The van der Waals surface area contributed by atoms with Crippen LogP contribution in [0.15, 0.2) is 70.9 Å². The van der Waals surface area contributed by atoms with Crippen molar-refractivity contribution < 1.29 is 19.1 Å². The first-order valence-electron chi connectivity index (χ1n) is 10.5. The Kier molecular flexibility index (Phi) is 4.66. The average Bonchev–Trinajstić information content (AvgIpc) is 3.40. The molecule has 1 aromatic heterocycles. The topological polar surface area (TPSA) is 70.8 Å². The summed E-state index contributed by atoms with van der Waals surface area (Å²) in [6, 6.07) is 16.1. The fourth-order valence-electron chi connectivity index (χ4n) is 4.80. The van der Waals surface area contributed by atoms with E-state index in [4.69, 9.17) is 4.42 Å². The van der Waals surface area contributed by atoms with Crippen molar-refractivity contribution in [3.05, 3.63) is 77.8 Å². The number of benzene rings is 2. The molecule has 1 amide bonds. The summed E-state index contributed by atoms with van der Waals surface area (Å²) in [6.07, 6.45) is 6.46. The van der Waals surface area contributed by atoms with Crippen molar-refractivity contribution in [3.63, 3.8) is 0 Å². The van der Waals surface area contributed by atoms with Crippen molar-refractivity contribution in [2.75, 3.05) is 0 Å². The average molecular weight is 401 g/mol. The van der Waals surface area contributed by atoms with E-state index < -0.39 is 17.7 Å². The van der Waals surface area contributed by atoms with Gasteiger partial charge in [0.2, 0.25) is 0 Å². The number of hydrogen-bond acceptors (Lipinski definition) is 4. The molecular weight excluding hydrogens is 378 g/mol. The number of aliphatic hydroxyl groups excluding tert-OH is 1. The molecule has 1 saturated carbocycles. The Balaban J connectivity index is 1.65. The molecule has 5 nitrogen and oxygen atoms in total. The molecule has 0 radical (unpaired) electrons. The van der Waals surface area contributed by atoms with Crippen molar-refractivity contribution in [1.82, 2.24) is 4.90 Å². The molecule has 0 spiro atoms. The van der Waals surface area contributed by atoms with Crippen LogP contribution in [0.25, 0.3) is 16.5 Å². The van der Waals surface area contributed by atoms with Gasteiger partial charge in [0.1, 0.15) is 17.6 Å². The maximum atomic E-state index is 13.1. The van der Waals surface area contributed by atoms with Crippen LogP contribution >= 0.6 is 0 Å². The summed E-state index contributed by atoms with van der Waals surface area (Å²) >= 11 is 0. The quantitative estimate of drug-likeness (QED) is 0.373. The van der Waals surface area contributed by atoms with Gasteiger partial charge in [-0.25, -0.2) is 0 Å². The zero-order valence-electron chi connectivity index (χ0n) is 16.6. The summed E-state index contributed by atoms with van der Waals surface area (Å²) in [5.74, 6) is -0.848. The summed E-state index contributed by atoms with van der Waals surface area (Å²) in [5, 5.41) is 13.2. The smallest absolute Gasteiger partial charge is 0.296 e. The van der Waals surface area contributed by atoms with Gasteiger partial charge in [0.05, 0.1) is 11.8 Å². The number of aliphatic hydroxyl groups is 1. The van der Waals surface area contributed by atoms with E-state index in [1.165, 1.54) is 6.26 Å². The first-order chi connectivity index (χ1) is 14.6. The minimum Gasteiger partial charge on any atom is -0.507 e. The predicted octanol–water partition coefficient (Wildman–Crippen LogP) is 5.19. The van der Waals surface area contributed by atoms with Gasteiger partial charge in [-0.2, -0.15) is 0 Å². The van der Waals surface area contributed by atoms with Crippen molar-refractivity contribution in [3.8, 4) is 0 Å². The van der Waals surface area contributed by atoms with E-state index in [0.29, 0.717) is 11.3 Å². The number of nitrogens with zero attached hydrogens (tertiary/aromatic N) is 1. The van der Waals surface area contributed by atoms with Crippen LogP contribution in [0.1, 0.15) is 49.5 Å². The highest BCUT2D eigenvalue weighted by atomic mass is 16.3. The number of carbonyl (C=O) groups excluding carboxylic acids is 2. The maximum absolute atomic E-state index is 13.1. The normalized spacial score (nSPS) is 22.1. The molecular formula is C25H23NO4. The molecule has 2 aromatic carbocycles. The van der Waals surface area contributed by atoms with E-state index in [1.54, 1.807) is 23.1 Å². The molecule has 1 N–H and O–H groups in total. The number of fused-ring (bicyclic) bond motifs is 1. The third kappa shape index (κ3) is 3.02. The van der Waals surface area contributed by atoms with Crippen LogP contribution in [0.2, 0.25) is 0 Å². The van der Waals surface area contributed by atoms with Gasteiger partial charge in [0.15, 0.2) is 0 Å². The summed E-state index contributed by atoms with van der Waals surface area (Å²) in [4.78, 5) is 27.8. The largest absolute Gasteiger partial charge is 0.507 e. The standard InChI is InChI=1S/C25H23NO4/c27-23(18-13-12-16-7-4-5-8-17(16)15-18)21-22(20-11-6-14-30-20)26(25(29)24(21)28)19-9-2-1-3-10-19/h4-8,11-15,19,22,27H,1-3,9-10H2/b23-21-. The molecule has 2 aliphatic rings. The molecule has 1 aliphatic carbocycles. The molecule has 1 atom stereocenters. The van der Waals surface area contributed by atoms with Crippen molar-refractivity contribution >= 4 is 28.2 Å². The van der Waals surface area contributed by atoms with Crippen molar-refractivity contribution in [2.45, 2.75) is 44.2 Å². The highest BCUT2D eigenvalue weighted by Crippen LogP contribution is 2.43. The van der Waals surface area contributed by atoms with Gasteiger partial charge >= 0.3 is 0 Å². The van der Waals surface area contributed by atoms with Gasteiger partial charge in [0, 0.05) is 11.6 Å². The fraction of sp³-hybridized carbons (Fsp3) is 0.280. The van der Waals surface area contributed by atoms with Crippen LogP contribution in [0.5, 0.6) is 0 Å². The Morgan fingerprint density at radius 1 is 0.933 bits per heavy atom. The summed E-state index contributed by atoms with van der Waals surface area (Å²) < 4.78 is 5.63. The molecule has 152 valence electrons. The summed E-state index contributed by atoms with van der Waals surface area (Å²) in [6.45, 7) is 0. The van der Waals surface area contributed by atoms with Gasteiger partial charge in [-0.1, -0.05) is 55.7 Å².